The molecule has 2 atom stereocenters. The second kappa shape index (κ2) is 6.62. The molecule has 0 spiro atoms. The smallest absolute Gasteiger partial charge is 0.303 e. The van der Waals surface area contributed by atoms with Crippen molar-refractivity contribution >= 4 is 29.3 Å². The molecule has 5 heteroatoms. The van der Waals surface area contributed by atoms with Crippen LogP contribution in [0.3, 0.4) is 0 Å². The fraction of sp³-hybridized carbons (Fsp3) is 0.150. The molecule has 0 fully saturated rings. The third-order valence-corrected chi connectivity index (χ3v) is 5.84. The van der Waals surface area contributed by atoms with Crippen molar-refractivity contribution in [2.75, 3.05) is 0 Å². The van der Waals surface area contributed by atoms with E-state index in [1.54, 1.807) is 11.8 Å². The Balaban J connectivity index is 1.90. The molecule has 4 rings (SSSR count). The average Bonchev–Trinajstić information content (AvgIpc) is 3.04. The first-order valence-corrected chi connectivity index (χ1v) is 9.25. The Morgan fingerprint density at radius 3 is 2.60 bits per heavy atom. The molecule has 1 aliphatic rings. The highest BCUT2D eigenvalue weighted by Gasteiger charge is 2.34. The van der Waals surface area contributed by atoms with Gasteiger partial charge in [0.05, 0.1) is 16.6 Å². The summed E-state index contributed by atoms with van der Waals surface area (Å²) in [6.45, 7) is 1.45. The van der Waals surface area contributed by atoms with Gasteiger partial charge in [-0.3, -0.25) is 4.79 Å². The van der Waals surface area contributed by atoms with E-state index in [1.165, 1.54) is 6.92 Å². The molecule has 1 aliphatic heterocycles. The van der Waals surface area contributed by atoms with Crippen molar-refractivity contribution in [1.29, 1.82) is 0 Å². The lowest BCUT2D eigenvalue weighted by Crippen LogP contribution is -2.16. The molecule has 0 N–H and O–H groups in total. The van der Waals surface area contributed by atoms with E-state index in [1.807, 2.05) is 54.7 Å². The van der Waals surface area contributed by atoms with Crippen LogP contribution < -0.4 is 0 Å². The Hall–Kier alpha value is -2.17. The van der Waals surface area contributed by atoms with E-state index in [-0.39, 0.29) is 17.3 Å². The molecule has 2 heterocycles. The third-order valence-electron chi connectivity index (χ3n) is 4.22. The third kappa shape index (κ3) is 3.08. The first-order valence-electron chi connectivity index (χ1n) is 7.99. The van der Waals surface area contributed by atoms with Crippen LogP contribution >= 0.6 is 23.4 Å². The molecule has 1 aromatic heterocycles. The predicted octanol–water partition coefficient (Wildman–Crippen LogP) is 5.58. The summed E-state index contributed by atoms with van der Waals surface area (Å²) in [7, 11) is 0. The number of hydrogen-bond donors (Lipinski definition) is 0. The number of nitrogens with zero attached hydrogens (tertiary/aromatic N) is 1. The SMILES string of the molecule is CC(=O)OC1c2cccn2-c2ccccc2SC1c1ccc(Cl)cc1. The second-order valence-electron chi connectivity index (χ2n) is 5.89. The largest absolute Gasteiger partial charge is 0.455 e. The van der Waals surface area contributed by atoms with Gasteiger partial charge in [0.25, 0.3) is 0 Å². The first-order chi connectivity index (χ1) is 12.1. The monoisotopic (exact) mass is 369 g/mol. The van der Waals surface area contributed by atoms with Gasteiger partial charge in [0.15, 0.2) is 6.10 Å². The van der Waals surface area contributed by atoms with Gasteiger partial charge in [-0.2, -0.15) is 0 Å². The predicted molar refractivity (Wildman–Crippen MR) is 100 cm³/mol. The van der Waals surface area contributed by atoms with E-state index in [2.05, 4.69) is 16.7 Å². The zero-order valence-electron chi connectivity index (χ0n) is 13.6. The van der Waals surface area contributed by atoms with Gasteiger partial charge >= 0.3 is 5.97 Å². The summed E-state index contributed by atoms with van der Waals surface area (Å²) in [6.07, 6.45) is 1.63. The maximum Gasteiger partial charge on any atom is 0.303 e. The van der Waals surface area contributed by atoms with Crippen LogP contribution in [-0.4, -0.2) is 10.5 Å². The quantitative estimate of drug-likeness (QED) is 0.552. The van der Waals surface area contributed by atoms with Crippen LogP contribution in [0.1, 0.15) is 29.5 Å². The van der Waals surface area contributed by atoms with Crippen molar-refractivity contribution in [3.05, 3.63) is 83.1 Å². The van der Waals surface area contributed by atoms with Crippen LogP contribution in [0.15, 0.2) is 71.8 Å². The summed E-state index contributed by atoms with van der Waals surface area (Å²) in [5.74, 6) is -0.289. The summed E-state index contributed by atoms with van der Waals surface area (Å²) in [5.41, 5.74) is 3.14. The van der Waals surface area contributed by atoms with Gasteiger partial charge in [-0.25, -0.2) is 0 Å². The zero-order valence-corrected chi connectivity index (χ0v) is 15.1. The van der Waals surface area contributed by atoms with Gasteiger partial charge in [-0.1, -0.05) is 35.9 Å². The van der Waals surface area contributed by atoms with Crippen molar-refractivity contribution < 1.29 is 9.53 Å². The summed E-state index contributed by atoms with van der Waals surface area (Å²) in [6, 6.07) is 20.0. The standard InChI is InChI=1S/C20H16ClNO2S/c1-13(23)24-19-17-6-4-12-22(17)16-5-2-3-7-18(16)25-20(19)14-8-10-15(21)11-9-14/h2-12,19-20H,1H3. The summed E-state index contributed by atoms with van der Waals surface area (Å²) < 4.78 is 7.87. The lowest BCUT2D eigenvalue weighted by atomic mass is 10.0. The van der Waals surface area contributed by atoms with Crippen LogP contribution in [0.25, 0.3) is 5.69 Å². The van der Waals surface area contributed by atoms with Crippen LogP contribution in [0, 0.1) is 0 Å². The molecule has 0 bridgehead atoms. The van der Waals surface area contributed by atoms with Gasteiger partial charge in [-0.15, -0.1) is 11.8 Å². The Kier molecular flexibility index (Phi) is 4.32. The molecule has 0 aliphatic carbocycles. The van der Waals surface area contributed by atoms with Crippen LogP contribution in [0.2, 0.25) is 5.02 Å². The molecule has 3 nitrogen and oxygen atoms in total. The summed E-state index contributed by atoms with van der Waals surface area (Å²) >= 11 is 7.76. The molecule has 0 amide bonds. The number of hydrogen-bond acceptors (Lipinski definition) is 3. The van der Waals surface area contributed by atoms with Crippen molar-refractivity contribution in [2.45, 2.75) is 23.2 Å². The topological polar surface area (TPSA) is 31.2 Å². The van der Waals surface area contributed by atoms with Crippen molar-refractivity contribution in [3.63, 3.8) is 0 Å². The van der Waals surface area contributed by atoms with E-state index >= 15 is 0 Å². The number of ether oxygens (including phenoxy) is 1. The number of carbonyl (C=O) groups excluding carboxylic acids is 1. The molecule has 3 aromatic rings. The van der Waals surface area contributed by atoms with E-state index in [0.29, 0.717) is 5.02 Å². The minimum atomic E-state index is -0.383. The molecule has 0 radical (unpaired) electrons. The molecule has 2 aromatic carbocycles. The number of aromatic nitrogens is 1. The number of esters is 1. The maximum atomic E-state index is 11.8. The van der Waals surface area contributed by atoms with Gasteiger partial charge in [-0.05, 0) is 42.0 Å². The van der Waals surface area contributed by atoms with Crippen LogP contribution in [0.4, 0.5) is 0 Å². The maximum absolute atomic E-state index is 11.8. The Bertz CT molecular complexity index is 919. The molecule has 126 valence electrons. The lowest BCUT2D eigenvalue weighted by Gasteiger charge is -2.25. The Morgan fingerprint density at radius 2 is 1.84 bits per heavy atom. The summed E-state index contributed by atoms with van der Waals surface area (Å²) in [5, 5.41) is 0.633. The number of carbonyl (C=O) groups is 1. The summed E-state index contributed by atoms with van der Waals surface area (Å²) in [4.78, 5) is 12.9. The van der Waals surface area contributed by atoms with Crippen molar-refractivity contribution in [1.82, 2.24) is 4.57 Å². The molecule has 0 saturated carbocycles. The lowest BCUT2D eigenvalue weighted by molar-refractivity contribution is -0.147. The van der Waals surface area contributed by atoms with Gasteiger partial charge < -0.3 is 9.30 Å². The fourth-order valence-corrected chi connectivity index (χ4v) is 4.61. The minimum Gasteiger partial charge on any atom is -0.455 e. The van der Waals surface area contributed by atoms with E-state index in [4.69, 9.17) is 16.3 Å². The average molecular weight is 370 g/mol. The number of halogens is 1. The second-order valence-corrected chi connectivity index (χ2v) is 7.51. The highest BCUT2D eigenvalue weighted by Crippen LogP contribution is 2.50. The number of rotatable bonds is 2. The Labute approximate surface area is 155 Å². The molecule has 0 saturated heterocycles. The van der Waals surface area contributed by atoms with Crippen molar-refractivity contribution in [2.24, 2.45) is 0 Å². The van der Waals surface area contributed by atoms with Gasteiger partial charge in [0.2, 0.25) is 0 Å². The van der Waals surface area contributed by atoms with E-state index in [0.717, 1.165) is 21.8 Å². The number of benzene rings is 2. The highest BCUT2D eigenvalue weighted by molar-refractivity contribution is 7.99. The van der Waals surface area contributed by atoms with E-state index in [9.17, 15) is 4.79 Å². The van der Waals surface area contributed by atoms with Crippen molar-refractivity contribution in [3.8, 4) is 5.69 Å². The molecule has 25 heavy (non-hydrogen) atoms. The molecule has 2 unspecified atom stereocenters. The normalized spacial score (nSPS) is 18.8. The fourth-order valence-electron chi connectivity index (χ4n) is 3.15. The number of thioether (sulfide) groups is 1. The number of fused-ring (bicyclic) bond motifs is 3. The van der Waals surface area contributed by atoms with Crippen LogP contribution in [-0.2, 0) is 9.53 Å². The number of para-hydroxylation sites is 1. The zero-order chi connectivity index (χ0) is 17.4. The molecular formula is C20H16ClNO2S. The van der Waals surface area contributed by atoms with E-state index < -0.39 is 0 Å². The Morgan fingerprint density at radius 1 is 1.08 bits per heavy atom. The van der Waals surface area contributed by atoms with Gasteiger partial charge in [0, 0.05) is 23.0 Å². The first kappa shape index (κ1) is 16.3. The molecular weight excluding hydrogens is 354 g/mol. The highest BCUT2D eigenvalue weighted by atomic mass is 35.5. The van der Waals surface area contributed by atoms with Crippen LogP contribution in [0.5, 0.6) is 0 Å². The minimum absolute atomic E-state index is 0.0570. The van der Waals surface area contributed by atoms with Gasteiger partial charge in [0.1, 0.15) is 0 Å².